The number of hydrogen-bond donors (Lipinski definition) is 1. The zero-order valence-electron chi connectivity index (χ0n) is 14.0. The first-order valence-corrected chi connectivity index (χ1v) is 9.18. The van der Waals surface area contributed by atoms with Crippen molar-refractivity contribution in [3.63, 3.8) is 0 Å². The molecule has 0 spiro atoms. The van der Waals surface area contributed by atoms with E-state index in [0.717, 1.165) is 34.3 Å². The summed E-state index contributed by atoms with van der Waals surface area (Å²) in [5, 5.41) is 4.28. The highest BCUT2D eigenvalue weighted by Crippen LogP contribution is 2.57. The molecule has 0 saturated heterocycles. The topological polar surface area (TPSA) is 24.5 Å². The van der Waals surface area contributed by atoms with Gasteiger partial charge in [-0.1, -0.05) is 0 Å². The lowest BCUT2D eigenvalue weighted by atomic mass is 9.52. The maximum atomic E-state index is 5.74. The smallest absolute Gasteiger partial charge is 0.173 e. The average molecular weight is 330 g/mol. The number of hydrogen-bond acceptors (Lipinski definition) is 2. The quantitative estimate of drug-likeness (QED) is 0.836. The Hall–Kier alpha value is -1.29. The Labute approximate surface area is 144 Å². The van der Waals surface area contributed by atoms with Crippen LogP contribution in [-0.2, 0) is 0 Å². The van der Waals surface area contributed by atoms with E-state index in [1.165, 1.54) is 38.5 Å². The van der Waals surface area contributed by atoms with E-state index in [9.17, 15) is 0 Å². The summed E-state index contributed by atoms with van der Waals surface area (Å²) in [6.07, 6.45) is 8.39. The highest BCUT2D eigenvalue weighted by Gasteiger charge is 2.53. The molecule has 0 radical (unpaired) electrons. The molecular formula is C19H26N2OS. The Morgan fingerprint density at radius 1 is 1.09 bits per heavy atom. The molecule has 5 rings (SSSR count). The maximum Gasteiger partial charge on any atom is 0.173 e. The summed E-state index contributed by atoms with van der Waals surface area (Å²) >= 11 is 5.74. The second-order valence-corrected chi connectivity index (χ2v) is 8.25. The lowest BCUT2D eigenvalue weighted by Gasteiger charge is -2.60. The number of nitrogens with zero attached hydrogens (tertiary/aromatic N) is 1. The Kier molecular flexibility index (Phi) is 3.75. The first kappa shape index (κ1) is 15.3. The van der Waals surface area contributed by atoms with E-state index in [4.69, 9.17) is 17.0 Å². The molecular weight excluding hydrogens is 304 g/mol. The zero-order chi connectivity index (χ0) is 16.0. The number of rotatable bonds is 3. The van der Waals surface area contributed by atoms with E-state index in [1.54, 1.807) is 7.11 Å². The molecule has 4 fully saturated rings. The SMILES string of the molecule is COc1ccc(NC(=S)N(C)C23CC4CC(CC(C4)C2)C3)cc1. The van der Waals surface area contributed by atoms with Crippen LogP contribution in [0.15, 0.2) is 24.3 Å². The van der Waals surface area contributed by atoms with Crippen LogP contribution in [0.4, 0.5) is 5.69 Å². The van der Waals surface area contributed by atoms with Gasteiger partial charge in [-0.25, -0.2) is 0 Å². The van der Waals surface area contributed by atoms with E-state index >= 15 is 0 Å². The monoisotopic (exact) mass is 330 g/mol. The van der Waals surface area contributed by atoms with E-state index in [-0.39, 0.29) is 0 Å². The molecule has 0 heterocycles. The molecule has 4 aliphatic rings. The molecule has 1 aromatic rings. The molecule has 4 heteroatoms. The van der Waals surface area contributed by atoms with E-state index < -0.39 is 0 Å². The van der Waals surface area contributed by atoms with Crippen LogP contribution in [0, 0.1) is 17.8 Å². The van der Waals surface area contributed by atoms with Gasteiger partial charge in [-0.2, -0.15) is 0 Å². The van der Waals surface area contributed by atoms with Crippen molar-refractivity contribution in [3.05, 3.63) is 24.3 Å². The Balaban J connectivity index is 1.47. The van der Waals surface area contributed by atoms with Gasteiger partial charge in [0.05, 0.1) is 7.11 Å². The first-order chi connectivity index (χ1) is 11.1. The fourth-order valence-electron chi connectivity index (χ4n) is 5.57. The Bertz CT molecular complexity index is 563. The lowest BCUT2D eigenvalue weighted by Crippen LogP contribution is -2.60. The van der Waals surface area contributed by atoms with Crippen LogP contribution < -0.4 is 10.1 Å². The minimum absolute atomic E-state index is 0.311. The average Bonchev–Trinajstić information content (AvgIpc) is 2.53. The summed E-state index contributed by atoms with van der Waals surface area (Å²) in [5.74, 6) is 3.68. The molecule has 4 bridgehead atoms. The van der Waals surface area contributed by atoms with Gasteiger partial charge in [0, 0.05) is 18.3 Å². The number of methoxy groups -OCH3 is 1. The number of anilines is 1. The van der Waals surface area contributed by atoms with Crippen molar-refractivity contribution in [1.82, 2.24) is 4.90 Å². The second kappa shape index (κ2) is 5.66. The van der Waals surface area contributed by atoms with E-state index in [2.05, 4.69) is 17.3 Å². The van der Waals surface area contributed by atoms with Crippen LogP contribution in [-0.4, -0.2) is 29.7 Å². The van der Waals surface area contributed by atoms with Crippen molar-refractivity contribution >= 4 is 23.0 Å². The van der Waals surface area contributed by atoms with Gasteiger partial charge in [0.1, 0.15) is 5.75 Å². The largest absolute Gasteiger partial charge is 0.497 e. The van der Waals surface area contributed by atoms with Crippen LogP contribution in [0.1, 0.15) is 38.5 Å². The predicted octanol–water partition coefficient (Wildman–Crippen LogP) is 4.29. The molecule has 23 heavy (non-hydrogen) atoms. The second-order valence-electron chi connectivity index (χ2n) is 7.86. The lowest BCUT2D eigenvalue weighted by molar-refractivity contribution is -0.0538. The molecule has 3 nitrogen and oxygen atoms in total. The molecule has 0 atom stereocenters. The van der Waals surface area contributed by atoms with Crippen LogP contribution in [0.2, 0.25) is 0 Å². The van der Waals surface area contributed by atoms with Gasteiger partial charge < -0.3 is 15.0 Å². The molecule has 1 N–H and O–H groups in total. The third kappa shape index (κ3) is 2.71. The van der Waals surface area contributed by atoms with Crippen LogP contribution in [0.25, 0.3) is 0 Å². The standard InChI is InChI=1S/C19H26N2OS/c1-21(18(23)20-16-3-5-17(22-2)6-4-16)19-10-13-7-14(11-19)9-15(8-13)12-19/h3-6,13-15H,7-12H2,1-2H3,(H,20,23). The van der Waals surface area contributed by atoms with Crippen molar-refractivity contribution in [2.75, 3.05) is 19.5 Å². The van der Waals surface area contributed by atoms with Gasteiger partial charge in [-0.05, 0) is 92.8 Å². The fraction of sp³-hybridized carbons (Fsp3) is 0.632. The van der Waals surface area contributed by atoms with Crippen LogP contribution >= 0.6 is 12.2 Å². The number of thiocarbonyl (C=S) groups is 1. The van der Waals surface area contributed by atoms with E-state index in [1.807, 2.05) is 24.3 Å². The van der Waals surface area contributed by atoms with Crippen LogP contribution in [0.5, 0.6) is 5.75 Å². The van der Waals surface area contributed by atoms with Gasteiger partial charge in [-0.3, -0.25) is 0 Å². The molecule has 4 saturated carbocycles. The van der Waals surface area contributed by atoms with Crippen LogP contribution in [0.3, 0.4) is 0 Å². The third-order valence-electron chi connectivity index (χ3n) is 6.36. The summed E-state index contributed by atoms with van der Waals surface area (Å²) in [6.45, 7) is 0. The summed E-state index contributed by atoms with van der Waals surface area (Å²) < 4.78 is 5.22. The first-order valence-electron chi connectivity index (χ1n) is 8.77. The van der Waals surface area contributed by atoms with Gasteiger partial charge in [0.25, 0.3) is 0 Å². The highest BCUT2D eigenvalue weighted by molar-refractivity contribution is 7.80. The number of benzene rings is 1. The van der Waals surface area contributed by atoms with Crippen molar-refractivity contribution in [2.45, 2.75) is 44.1 Å². The van der Waals surface area contributed by atoms with E-state index in [0.29, 0.717) is 5.54 Å². The number of ether oxygens (including phenoxy) is 1. The van der Waals surface area contributed by atoms with Gasteiger partial charge in [0.15, 0.2) is 5.11 Å². The minimum atomic E-state index is 0.311. The van der Waals surface area contributed by atoms with Crippen molar-refractivity contribution in [3.8, 4) is 5.75 Å². The third-order valence-corrected chi connectivity index (χ3v) is 6.74. The summed E-state index contributed by atoms with van der Waals surface area (Å²) in [4.78, 5) is 2.39. The Morgan fingerprint density at radius 2 is 1.61 bits per heavy atom. The summed E-state index contributed by atoms with van der Waals surface area (Å²) in [5.41, 5.74) is 1.35. The van der Waals surface area contributed by atoms with Gasteiger partial charge in [0.2, 0.25) is 0 Å². The molecule has 1 aromatic carbocycles. The summed E-state index contributed by atoms with van der Waals surface area (Å²) in [6, 6.07) is 7.99. The number of nitrogens with one attached hydrogen (secondary N) is 1. The highest BCUT2D eigenvalue weighted by atomic mass is 32.1. The molecule has 0 unspecified atom stereocenters. The van der Waals surface area contributed by atoms with Gasteiger partial charge >= 0.3 is 0 Å². The molecule has 124 valence electrons. The van der Waals surface area contributed by atoms with Gasteiger partial charge in [-0.15, -0.1) is 0 Å². The normalized spacial score (nSPS) is 34.3. The minimum Gasteiger partial charge on any atom is -0.497 e. The summed E-state index contributed by atoms with van der Waals surface area (Å²) in [7, 11) is 3.89. The molecule has 4 aliphatic carbocycles. The van der Waals surface area contributed by atoms with Crippen molar-refractivity contribution < 1.29 is 4.74 Å². The predicted molar refractivity (Wildman–Crippen MR) is 97.9 cm³/mol. The molecule has 0 aliphatic heterocycles. The Morgan fingerprint density at radius 3 is 2.09 bits per heavy atom. The maximum absolute atomic E-state index is 5.74. The van der Waals surface area contributed by atoms with Crippen molar-refractivity contribution in [2.24, 2.45) is 17.8 Å². The van der Waals surface area contributed by atoms with Crippen molar-refractivity contribution in [1.29, 1.82) is 0 Å². The zero-order valence-corrected chi connectivity index (χ0v) is 14.9. The fourth-order valence-corrected chi connectivity index (χ4v) is 5.88. The molecule has 0 aromatic heterocycles. The molecule has 0 amide bonds.